The van der Waals surface area contributed by atoms with E-state index in [4.69, 9.17) is 21.1 Å². The van der Waals surface area contributed by atoms with E-state index in [2.05, 4.69) is 20.8 Å². The van der Waals surface area contributed by atoms with Gasteiger partial charge in [-0.05, 0) is 37.0 Å². The van der Waals surface area contributed by atoms with Gasteiger partial charge in [-0.3, -0.25) is 0 Å². The molecular weight excluding hydrogens is 236 g/mol. The van der Waals surface area contributed by atoms with E-state index >= 15 is 0 Å². The van der Waals surface area contributed by atoms with Crippen molar-refractivity contribution >= 4 is 11.6 Å². The highest BCUT2D eigenvalue weighted by atomic mass is 35.5. The molecule has 0 saturated heterocycles. The van der Waals surface area contributed by atoms with Crippen molar-refractivity contribution < 1.29 is 9.47 Å². The summed E-state index contributed by atoms with van der Waals surface area (Å²) < 4.78 is 11.6. The molecule has 2 nitrogen and oxygen atoms in total. The summed E-state index contributed by atoms with van der Waals surface area (Å²) in [5.41, 5.74) is 0.888. The van der Waals surface area contributed by atoms with Gasteiger partial charge in [-0.2, -0.15) is 0 Å². The lowest BCUT2D eigenvalue weighted by Crippen LogP contribution is -2.39. The van der Waals surface area contributed by atoms with Gasteiger partial charge in [0.1, 0.15) is 12.2 Å². The van der Waals surface area contributed by atoms with Crippen LogP contribution in [0.2, 0.25) is 5.02 Å². The highest BCUT2D eigenvalue weighted by molar-refractivity contribution is 6.32. The molecule has 0 bridgehead atoms. The van der Waals surface area contributed by atoms with Gasteiger partial charge in [0.15, 0.2) is 11.5 Å². The normalized spacial score (nSPS) is 18.0. The van der Waals surface area contributed by atoms with E-state index in [1.54, 1.807) is 0 Å². The summed E-state index contributed by atoms with van der Waals surface area (Å²) in [5, 5.41) is 0.625. The van der Waals surface area contributed by atoms with E-state index < -0.39 is 0 Å². The molecule has 3 heteroatoms. The van der Waals surface area contributed by atoms with Crippen LogP contribution in [-0.2, 0) is 5.41 Å². The zero-order valence-corrected chi connectivity index (χ0v) is 11.8. The molecule has 0 atom stereocenters. The fourth-order valence-corrected chi connectivity index (χ4v) is 2.01. The summed E-state index contributed by atoms with van der Waals surface area (Å²) in [6.45, 7) is 11.0. The number of hydrogen-bond donors (Lipinski definition) is 0. The number of hydrogen-bond acceptors (Lipinski definition) is 2. The Hall–Kier alpha value is -0.890. The van der Waals surface area contributed by atoms with Crippen molar-refractivity contribution in [3.8, 4) is 11.5 Å². The number of benzene rings is 1. The Kier molecular flexibility index (Phi) is 2.81. The molecule has 0 radical (unpaired) electrons. The quantitative estimate of drug-likeness (QED) is 0.691. The van der Waals surface area contributed by atoms with Gasteiger partial charge in [-0.15, -0.1) is 0 Å². The third-order valence-electron chi connectivity index (χ3n) is 2.83. The SMILES string of the molecule is CC1(C)COc2cc(C(C)(C)C)cc(Cl)c2O1. The molecule has 2 rings (SSSR count). The minimum atomic E-state index is -0.320. The van der Waals surface area contributed by atoms with Crippen LogP contribution in [0.1, 0.15) is 40.2 Å². The van der Waals surface area contributed by atoms with Crippen LogP contribution in [0.5, 0.6) is 11.5 Å². The molecule has 1 aromatic rings. The van der Waals surface area contributed by atoms with E-state index in [1.807, 2.05) is 26.0 Å². The van der Waals surface area contributed by atoms with Crippen molar-refractivity contribution in [3.63, 3.8) is 0 Å². The van der Waals surface area contributed by atoms with E-state index in [0.717, 1.165) is 11.3 Å². The number of ether oxygens (including phenoxy) is 2. The lowest BCUT2D eigenvalue weighted by Gasteiger charge is -2.34. The van der Waals surface area contributed by atoms with Crippen molar-refractivity contribution in [1.82, 2.24) is 0 Å². The highest BCUT2D eigenvalue weighted by Crippen LogP contribution is 2.43. The molecule has 1 aromatic carbocycles. The zero-order chi connectivity index (χ0) is 12.8. The molecule has 17 heavy (non-hydrogen) atoms. The summed E-state index contributed by atoms with van der Waals surface area (Å²) in [4.78, 5) is 0. The standard InChI is InChI=1S/C14H19ClO2/c1-13(2,3)9-6-10(15)12-11(7-9)16-8-14(4,5)17-12/h6-7H,8H2,1-5H3. The van der Waals surface area contributed by atoms with Crippen molar-refractivity contribution in [1.29, 1.82) is 0 Å². The van der Waals surface area contributed by atoms with Gasteiger partial charge < -0.3 is 9.47 Å². The van der Waals surface area contributed by atoms with Crippen molar-refractivity contribution in [2.24, 2.45) is 0 Å². The van der Waals surface area contributed by atoms with Crippen LogP contribution >= 0.6 is 11.6 Å². The van der Waals surface area contributed by atoms with Crippen LogP contribution in [0.4, 0.5) is 0 Å². The van der Waals surface area contributed by atoms with Gasteiger partial charge in [-0.25, -0.2) is 0 Å². The van der Waals surface area contributed by atoms with Crippen LogP contribution in [-0.4, -0.2) is 12.2 Å². The van der Waals surface area contributed by atoms with Gasteiger partial charge in [0.05, 0.1) is 5.02 Å². The van der Waals surface area contributed by atoms with Crippen LogP contribution in [0.25, 0.3) is 0 Å². The largest absolute Gasteiger partial charge is 0.485 e. The summed E-state index contributed by atoms with van der Waals surface area (Å²) >= 11 is 6.28. The Labute approximate surface area is 108 Å². The van der Waals surface area contributed by atoms with E-state index in [-0.39, 0.29) is 11.0 Å². The monoisotopic (exact) mass is 254 g/mol. The first-order valence-corrected chi connectivity index (χ1v) is 6.23. The van der Waals surface area contributed by atoms with Crippen molar-refractivity contribution in [3.05, 3.63) is 22.7 Å². The highest BCUT2D eigenvalue weighted by Gasteiger charge is 2.31. The van der Waals surface area contributed by atoms with E-state index in [0.29, 0.717) is 17.4 Å². The maximum Gasteiger partial charge on any atom is 0.180 e. The average Bonchev–Trinajstić information content (AvgIpc) is 2.16. The smallest absolute Gasteiger partial charge is 0.180 e. The van der Waals surface area contributed by atoms with Gasteiger partial charge in [-0.1, -0.05) is 32.4 Å². The molecule has 0 unspecified atom stereocenters. The Morgan fingerprint density at radius 2 is 1.88 bits per heavy atom. The van der Waals surface area contributed by atoms with Crippen molar-refractivity contribution in [2.75, 3.05) is 6.61 Å². The molecule has 0 saturated carbocycles. The predicted octanol–water partition coefficient (Wildman–Crippen LogP) is 4.19. The molecule has 94 valence electrons. The number of halogens is 1. The Morgan fingerprint density at radius 3 is 2.47 bits per heavy atom. The maximum absolute atomic E-state index is 6.28. The summed E-state index contributed by atoms with van der Waals surface area (Å²) in [7, 11) is 0. The molecule has 0 fully saturated rings. The number of rotatable bonds is 0. The topological polar surface area (TPSA) is 18.5 Å². The Morgan fingerprint density at radius 1 is 1.24 bits per heavy atom. The van der Waals surface area contributed by atoms with Crippen LogP contribution in [0, 0.1) is 0 Å². The maximum atomic E-state index is 6.28. The molecular formula is C14H19ClO2. The minimum absolute atomic E-state index is 0.0506. The fourth-order valence-electron chi connectivity index (χ4n) is 1.76. The van der Waals surface area contributed by atoms with Crippen LogP contribution in [0.15, 0.2) is 12.1 Å². The zero-order valence-electron chi connectivity index (χ0n) is 11.1. The second kappa shape index (κ2) is 3.81. The van der Waals surface area contributed by atoms with E-state index in [9.17, 15) is 0 Å². The molecule has 1 aliphatic rings. The first kappa shape index (κ1) is 12.6. The van der Waals surface area contributed by atoms with Crippen LogP contribution < -0.4 is 9.47 Å². The summed E-state index contributed by atoms with van der Waals surface area (Å²) in [5.74, 6) is 1.41. The van der Waals surface area contributed by atoms with Crippen LogP contribution in [0.3, 0.4) is 0 Å². The fraction of sp³-hybridized carbons (Fsp3) is 0.571. The molecule has 0 N–H and O–H groups in total. The minimum Gasteiger partial charge on any atom is -0.485 e. The van der Waals surface area contributed by atoms with Gasteiger partial charge in [0.25, 0.3) is 0 Å². The third-order valence-corrected chi connectivity index (χ3v) is 3.11. The molecule has 0 spiro atoms. The summed E-state index contributed by atoms with van der Waals surface area (Å²) in [6, 6.07) is 3.99. The van der Waals surface area contributed by atoms with Gasteiger partial charge in [0.2, 0.25) is 0 Å². The first-order chi connectivity index (χ1) is 7.69. The third kappa shape index (κ3) is 2.52. The lowest BCUT2D eigenvalue weighted by atomic mass is 9.87. The molecule has 1 heterocycles. The Balaban J connectivity index is 2.47. The van der Waals surface area contributed by atoms with E-state index in [1.165, 1.54) is 0 Å². The number of fused-ring (bicyclic) bond motifs is 1. The summed E-state index contributed by atoms with van der Waals surface area (Å²) in [6.07, 6.45) is 0. The Bertz CT molecular complexity index is 444. The first-order valence-electron chi connectivity index (χ1n) is 5.85. The molecule has 0 aromatic heterocycles. The van der Waals surface area contributed by atoms with Gasteiger partial charge >= 0.3 is 0 Å². The second-order valence-corrected chi connectivity index (χ2v) is 6.59. The molecule has 0 amide bonds. The predicted molar refractivity (Wildman–Crippen MR) is 70.4 cm³/mol. The second-order valence-electron chi connectivity index (χ2n) is 6.19. The lowest BCUT2D eigenvalue weighted by molar-refractivity contribution is 0.0213. The average molecular weight is 255 g/mol. The molecule has 0 aliphatic carbocycles. The molecule has 1 aliphatic heterocycles. The van der Waals surface area contributed by atoms with Crippen molar-refractivity contribution in [2.45, 2.75) is 45.6 Å². The van der Waals surface area contributed by atoms with Gasteiger partial charge in [0, 0.05) is 0 Å².